The predicted octanol–water partition coefficient (Wildman–Crippen LogP) is 1.46. The molecule has 4 fully saturated rings. The minimum absolute atomic E-state index is 0.0404. The summed E-state index contributed by atoms with van der Waals surface area (Å²) >= 11 is 0. The van der Waals surface area contributed by atoms with Gasteiger partial charge in [0.2, 0.25) is 11.8 Å². The average molecular weight is 270 g/mol. The molecule has 2 amide bonds. The highest BCUT2D eigenvalue weighted by atomic mass is 16.2. The molecule has 1 saturated carbocycles. The van der Waals surface area contributed by atoms with Gasteiger partial charge in [0.1, 0.15) is 11.6 Å². The molecule has 2 bridgehead atoms. The van der Waals surface area contributed by atoms with E-state index in [4.69, 9.17) is 0 Å². The topological polar surface area (TPSA) is 49.4 Å². The molecule has 3 atom stereocenters. The lowest BCUT2D eigenvalue weighted by Crippen LogP contribution is -2.76. The van der Waals surface area contributed by atoms with Gasteiger partial charge >= 0.3 is 0 Å². The van der Waals surface area contributed by atoms with Gasteiger partial charge in [-0.05, 0) is 30.7 Å². The van der Waals surface area contributed by atoms with E-state index in [0.717, 1.165) is 31.2 Å². The molecule has 3 unspecified atom stereocenters. The van der Waals surface area contributed by atoms with Crippen molar-refractivity contribution in [1.82, 2.24) is 10.2 Å². The number of piperazine rings is 1. The van der Waals surface area contributed by atoms with E-state index >= 15 is 0 Å². The van der Waals surface area contributed by atoms with Crippen LogP contribution in [0.25, 0.3) is 0 Å². The molecule has 104 valence electrons. The Morgan fingerprint density at radius 3 is 2.85 bits per heavy atom. The lowest BCUT2D eigenvalue weighted by atomic mass is 9.73. The van der Waals surface area contributed by atoms with Gasteiger partial charge in [-0.15, -0.1) is 0 Å². The molecule has 1 aliphatic carbocycles. The van der Waals surface area contributed by atoms with Crippen molar-refractivity contribution in [3.8, 4) is 0 Å². The second-order valence-corrected chi connectivity index (χ2v) is 6.22. The number of carbonyl (C=O) groups is 2. The molecule has 3 heterocycles. The van der Waals surface area contributed by atoms with Crippen LogP contribution >= 0.6 is 0 Å². The minimum atomic E-state index is -0.583. The molecular weight excluding hydrogens is 252 g/mol. The van der Waals surface area contributed by atoms with Crippen molar-refractivity contribution in [2.24, 2.45) is 5.92 Å². The van der Waals surface area contributed by atoms with Gasteiger partial charge in [0, 0.05) is 6.54 Å². The smallest absolute Gasteiger partial charge is 0.249 e. The highest BCUT2D eigenvalue weighted by Crippen LogP contribution is 2.47. The summed E-state index contributed by atoms with van der Waals surface area (Å²) in [7, 11) is 0. The summed E-state index contributed by atoms with van der Waals surface area (Å²) in [6.45, 7) is 0.548. The largest absolute Gasteiger partial charge is 0.340 e. The Morgan fingerprint density at radius 1 is 1.25 bits per heavy atom. The zero-order chi connectivity index (χ0) is 13.7. The molecule has 3 saturated heterocycles. The van der Waals surface area contributed by atoms with Gasteiger partial charge in [0.15, 0.2) is 0 Å². The Kier molecular flexibility index (Phi) is 2.43. The van der Waals surface area contributed by atoms with Gasteiger partial charge in [-0.2, -0.15) is 0 Å². The number of piperidine rings is 2. The third-order valence-corrected chi connectivity index (χ3v) is 5.19. The van der Waals surface area contributed by atoms with Gasteiger partial charge in [-0.3, -0.25) is 9.59 Å². The van der Waals surface area contributed by atoms with E-state index in [2.05, 4.69) is 5.32 Å². The Morgan fingerprint density at radius 2 is 2.05 bits per heavy atom. The van der Waals surface area contributed by atoms with E-state index < -0.39 is 5.54 Å². The van der Waals surface area contributed by atoms with E-state index in [-0.39, 0.29) is 17.9 Å². The molecule has 4 nitrogen and oxygen atoms in total. The zero-order valence-corrected chi connectivity index (χ0v) is 11.3. The van der Waals surface area contributed by atoms with Crippen LogP contribution in [0.1, 0.15) is 31.2 Å². The molecule has 4 heteroatoms. The van der Waals surface area contributed by atoms with Crippen molar-refractivity contribution in [1.29, 1.82) is 0 Å². The molecule has 1 aromatic rings. The third kappa shape index (κ3) is 1.48. The number of rotatable bonds is 2. The summed E-state index contributed by atoms with van der Waals surface area (Å²) in [6, 6.07) is 9.66. The Balaban J connectivity index is 1.68. The van der Waals surface area contributed by atoms with Crippen molar-refractivity contribution >= 4 is 11.8 Å². The number of benzene rings is 1. The van der Waals surface area contributed by atoms with Crippen molar-refractivity contribution in [3.05, 3.63) is 35.9 Å². The van der Waals surface area contributed by atoms with Crippen molar-refractivity contribution in [2.45, 2.75) is 43.8 Å². The van der Waals surface area contributed by atoms with Gasteiger partial charge in [-0.1, -0.05) is 36.8 Å². The molecule has 20 heavy (non-hydrogen) atoms. The molecule has 3 aliphatic heterocycles. The molecule has 0 aromatic heterocycles. The lowest BCUT2D eigenvalue weighted by molar-refractivity contribution is -0.166. The Labute approximate surface area is 118 Å². The van der Waals surface area contributed by atoms with Crippen LogP contribution in [0.2, 0.25) is 0 Å². The molecule has 0 radical (unpaired) electrons. The first kappa shape index (κ1) is 11.9. The van der Waals surface area contributed by atoms with Crippen LogP contribution in [0.5, 0.6) is 0 Å². The summed E-state index contributed by atoms with van der Waals surface area (Å²) in [4.78, 5) is 26.9. The van der Waals surface area contributed by atoms with E-state index in [9.17, 15) is 9.59 Å². The molecule has 5 rings (SSSR count). The van der Waals surface area contributed by atoms with Gasteiger partial charge in [0.25, 0.3) is 0 Å². The minimum Gasteiger partial charge on any atom is -0.340 e. The number of carbonyl (C=O) groups excluding carboxylic acids is 2. The fraction of sp³-hybridized carbons (Fsp3) is 0.500. The van der Waals surface area contributed by atoms with Gasteiger partial charge in [0.05, 0.1) is 0 Å². The quantitative estimate of drug-likeness (QED) is 0.884. The number of nitrogens with one attached hydrogen (secondary N) is 1. The fourth-order valence-corrected chi connectivity index (χ4v) is 4.20. The first-order valence-electron chi connectivity index (χ1n) is 7.38. The first-order valence-corrected chi connectivity index (χ1v) is 7.38. The Hall–Kier alpha value is -1.84. The average Bonchev–Trinajstić information content (AvgIpc) is 2.87. The molecule has 1 aromatic carbocycles. The predicted molar refractivity (Wildman–Crippen MR) is 73.6 cm³/mol. The summed E-state index contributed by atoms with van der Waals surface area (Å²) in [5, 5.41) is 3.03. The summed E-state index contributed by atoms with van der Waals surface area (Å²) in [5.74, 6) is 0.531. The van der Waals surface area contributed by atoms with Crippen molar-refractivity contribution < 1.29 is 9.59 Å². The SMILES string of the molecule is O=C1NC23CCCC2CC1N(Cc1ccccc1)C3=O. The Bertz CT molecular complexity index is 571. The van der Waals surface area contributed by atoms with Gasteiger partial charge < -0.3 is 10.2 Å². The van der Waals surface area contributed by atoms with E-state index in [0.29, 0.717) is 12.5 Å². The van der Waals surface area contributed by atoms with Crippen molar-refractivity contribution in [2.75, 3.05) is 0 Å². The van der Waals surface area contributed by atoms with Crippen LogP contribution in [0.3, 0.4) is 0 Å². The molecule has 1 spiro atoms. The summed E-state index contributed by atoms with van der Waals surface area (Å²) in [6.07, 6.45) is 3.76. The van der Waals surface area contributed by atoms with Crippen LogP contribution < -0.4 is 5.32 Å². The number of fused-ring (bicyclic) bond motifs is 2. The number of amides is 2. The number of nitrogens with zero attached hydrogens (tertiary/aromatic N) is 1. The maximum Gasteiger partial charge on any atom is 0.249 e. The zero-order valence-electron chi connectivity index (χ0n) is 11.3. The molecule has 4 aliphatic rings. The fourth-order valence-electron chi connectivity index (χ4n) is 4.20. The third-order valence-electron chi connectivity index (χ3n) is 5.19. The highest BCUT2D eigenvalue weighted by molar-refractivity contribution is 6.02. The second kappa shape index (κ2) is 4.08. The van der Waals surface area contributed by atoms with Crippen LogP contribution in [0, 0.1) is 5.92 Å². The second-order valence-electron chi connectivity index (χ2n) is 6.22. The normalized spacial score (nSPS) is 35.1. The number of hydrogen-bond donors (Lipinski definition) is 1. The summed E-state index contributed by atoms with van der Waals surface area (Å²) in [5.41, 5.74) is 0.507. The van der Waals surface area contributed by atoms with Crippen LogP contribution in [-0.4, -0.2) is 28.3 Å². The van der Waals surface area contributed by atoms with E-state index in [1.54, 1.807) is 4.90 Å². The van der Waals surface area contributed by atoms with Crippen molar-refractivity contribution in [3.63, 3.8) is 0 Å². The first-order chi connectivity index (χ1) is 9.71. The lowest BCUT2D eigenvalue weighted by Gasteiger charge is -2.53. The summed E-state index contributed by atoms with van der Waals surface area (Å²) < 4.78 is 0. The maximum atomic E-state index is 12.9. The van der Waals surface area contributed by atoms with Crippen LogP contribution in [-0.2, 0) is 16.1 Å². The van der Waals surface area contributed by atoms with Crippen LogP contribution in [0.4, 0.5) is 0 Å². The molecular formula is C16H18N2O2. The number of hydrogen-bond acceptors (Lipinski definition) is 2. The molecule has 1 N–H and O–H groups in total. The standard InChI is InChI=1S/C16H18N2O2/c19-14-13-9-12-7-4-8-16(12,17-14)15(20)18(13)10-11-5-2-1-3-6-11/h1-3,5-6,12-13H,4,7-10H2,(H,17,19). The van der Waals surface area contributed by atoms with Crippen LogP contribution in [0.15, 0.2) is 30.3 Å². The van der Waals surface area contributed by atoms with E-state index in [1.165, 1.54) is 0 Å². The monoisotopic (exact) mass is 270 g/mol. The highest BCUT2D eigenvalue weighted by Gasteiger charge is 2.62. The van der Waals surface area contributed by atoms with Gasteiger partial charge in [-0.25, -0.2) is 0 Å². The maximum absolute atomic E-state index is 12.9. The van der Waals surface area contributed by atoms with E-state index in [1.807, 2.05) is 30.3 Å².